The lowest BCUT2D eigenvalue weighted by molar-refractivity contribution is -0.141. The third-order valence-electron chi connectivity index (χ3n) is 1.04. The standard InChI is InChI=1S/C6H4F3NO.CH4/c7-6(8,9)5-2-1-4(11)3-10-5;/h1-3,11H;1H4. The van der Waals surface area contributed by atoms with E-state index < -0.39 is 11.9 Å². The lowest BCUT2D eigenvalue weighted by Gasteiger charge is -2.03. The Bertz CT molecular complexity index is 242. The van der Waals surface area contributed by atoms with Gasteiger partial charge in [0.05, 0.1) is 6.20 Å². The van der Waals surface area contributed by atoms with E-state index in [4.69, 9.17) is 5.11 Å². The van der Waals surface area contributed by atoms with Gasteiger partial charge in [0.2, 0.25) is 0 Å². The summed E-state index contributed by atoms with van der Waals surface area (Å²) in [5.41, 5.74) is -1.00. The van der Waals surface area contributed by atoms with Crippen LogP contribution in [0.25, 0.3) is 0 Å². The Labute approximate surface area is 67.7 Å². The maximum Gasteiger partial charge on any atom is 0.433 e. The Morgan fingerprint density at radius 2 is 1.83 bits per heavy atom. The van der Waals surface area contributed by atoms with Gasteiger partial charge in [-0.3, -0.25) is 0 Å². The summed E-state index contributed by atoms with van der Waals surface area (Å²) in [5, 5.41) is 8.59. The van der Waals surface area contributed by atoms with Crippen LogP contribution in [0.15, 0.2) is 18.3 Å². The van der Waals surface area contributed by atoms with Gasteiger partial charge in [-0.05, 0) is 12.1 Å². The largest absolute Gasteiger partial charge is 0.506 e. The van der Waals surface area contributed by atoms with Crippen LogP contribution in [0.5, 0.6) is 5.75 Å². The molecular formula is C7H8F3NO. The maximum atomic E-state index is 11.8. The van der Waals surface area contributed by atoms with Crippen molar-refractivity contribution in [3.8, 4) is 5.75 Å². The van der Waals surface area contributed by atoms with Gasteiger partial charge in [0.1, 0.15) is 11.4 Å². The van der Waals surface area contributed by atoms with E-state index in [0.29, 0.717) is 0 Å². The first-order valence-corrected chi connectivity index (χ1v) is 2.72. The predicted molar refractivity (Wildman–Crippen MR) is 37.6 cm³/mol. The molecule has 0 spiro atoms. The summed E-state index contributed by atoms with van der Waals surface area (Å²) >= 11 is 0. The van der Waals surface area contributed by atoms with Gasteiger partial charge in [0.15, 0.2) is 0 Å². The van der Waals surface area contributed by atoms with E-state index >= 15 is 0 Å². The van der Waals surface area contributed by atoms with Gasteiger partial charge in [-0.2, -0.15) is 13.2 Å². The van der Waals surface area contributed by atoms with Crippen molar-refractivity contribution in [2.24, 2.45) is 0 Å². The van der Waals surface area contributed by atoms with Gasteiger partial charge in [0, 0.05) is 0 Å². The lowest BCUT2D eigenvalue weighted by atomic mass is 10.3. The Kier molecular flexibility index (Phi) is 3.06. The highest BCUT2D eigenvalue weighted by atomic mass is 19.4. The monoisotopic (exact) mass is 179 g/mol. The number of aromatic hydroxyl groups is 1. The van der Waals surface area contributed by atoms with E-state index in [2.05, 4.69) is 4.98 Å². The molecule has 0 saturated heterocycles. The number of hydrogen-bond donors (Lipinski definition) is 1. The highest BCUT2D eigenvalue weighted by molar-refractivity contribution is 5.19. The topological polar surface area (TPSA) is 33.1 Å². The van der Waals surface area contributed by atoms with Gasteiger partial charge in [-0.15, -0.1) is 0 Å². The van der Waals surface area contributed by atoms with Crippen molar-refractivity contribution in [1.82, 2.24) is 4.98 Å². The normalized spacial score (nSPS) is 10.6. The van der Waals surface area contributed by atoms with Crippen LogP contribution in [0.1, 0.15) is 13.1 Å². The quantitative estimate of drug-likeness (QED) is 0.663. The molecular weight excluding hydrogens is 171 g/mol. The van der Waals surface area contributed by atoms with Gasteiger partial charge < -0.3 is 5.11 Å². The third kappa shape index (κ3) is 2.41. The molecule has 0 aliphatic rings. The maximum absolute atomic E-state index is 11.8. The highest BCUT2D eigenvalue weighted by Crippen LogP contribution is 2.27. The summed E-state index contributed by atoms with van der Waals surface area (Å²) in [4.78, 5) is 2.97. The molecule has 1 aromatic rings. The molecule has 1 N–H and O–H groups in total. The Morgan fingerprint density at radius 1 is 1.25 bits per heavy atom. The van der Waals surface area contributed by atoms with Gasteiger partial charge in [0.25, 0.3) is 0 Å². The first-order valence-electron chi connectivity index (χ1n) is 2.72. The van der Waals surface area contributed by atoms with Crippen molar-refractivity contribution < 1.29 is 18.3 Å². The fourth-order valence-electron chi connectivity index (χ4n) is 0.554. The van der Waals surface area contributed by atoms with Gasteiger partial charge >= 0.3 is 6.18 Å². The number of nitrogens with zero attached hydrogens (tertiary/aromatic N) is 1. The molecule has 0 saturated carbocycles. The van der Waals surface area contributed by atoms with Gasteiger partial charge in [-0.25, -0.2) is 4.98 Å². The van der Waals surface area contributed by atoms with Crippen LogP contribution in [-0.4, -0.2) is 10.1 Å². The molecule has 0 amide bonds. The molecule has 68 valence electrons. The average Bonchev–Trinajstić information content (AvgIpc) is 1.86. The predicted octanol–water partition coefficient (Wildman–Crippen LogP) is 2.44. The van der Waals surface area contributed by atoms with Crippen molar-refractivity contribution in [1.29, 1.82) is 0 Å². The smallest absolute Gasteiger partial charge is 0.433 e. The zero-order valence-electron chi connectivity index (χ0n) is 5.26. The highest BCUT2D eigenvalue weighted by Gasteiger charge is 2.31. The fourth-order valence-corrected chi connectivity index (χ4v) is 0.554. The number of halogens is 3. The van der Waals surface area contributed by atoms with Crippen LogP contribution in [-0.2, 0) is 6.18 Å². The van der Waals surface area contributed by atoms with E-state index in [-0.39, 0.29) is 13.2 Å². The molecule has 1 aromatic heterocycles. The average molecular weight is 179 g/mol. The molecule has 1 heterocycles. The number of pyridine rings is 1. The molecule has 0 aromatic carbocycles. The summed E-state index contributed by atoms with van der Waals surface area (Å²) < 4.78 is 35.3. The summed E-state index contributed by atoms with van der Waals surface area (Å²) in [6.45, 7) is 0. The molecule has 5 heteroatoms. The van der Waals surface area contributed by atoms with E-state index in [1.54, 1.807) is 0 Å². The van der Waals surface area contributed by atoms with E-state index in [1.165, 1.54) is 0 Å². The second kappa shape index (κ2) is 3.42. The Morgan fingerprint density at radius 3 is 2.17 bits per heavy atom. The van der Waals surface area contributed by atoms with Crippen molar-refractivity contribution >= 4 is 0 Å². The minimum atomic E-state index is -4.44. The third-order valence-corrected chi connectivity index (χ3v) is 1.04. The minimum absolute atomic E-state index is 0. The van der Waals surface area contributed by atoms with Crippen LogP contribution < -0.4 is 0 Å². The summed E-state index contributed by atoms with van der Waals surface area (Å²) in [5.74, 6) is -0.280. The fraction of sp³-hybridized carbons (Fsp3) is 0.286. The van der Waals surface area contributed by atoms with Crippen molar-refractivity contribution in [3.63, 3.8) is 0 Å². The molecule has 12 heavy (non-hydrogen) atoms. The molecule has 0 fully saturated rings. The first kappa shape index (κ1) is 10.7. The molecule has 0 unspecified atom stereocenters. The van der Waals surface area contributed by atoms with E-state index in [1.807, 2.05) is 0 Å². The van der Waals surface area contributed by atoms with Gasteiger partial charge in [-0.1, -0.05) is 7.43 Å². The zero-order valence-corrected chi connectivity index (χ0v) is 5.26. The van der Waals surface area contributed by atoms with Crippen LogP contribution in [0.4, 0.5) is 13.2 Å². The number of aromatic nitrogens is 1. The summed E-state index contributed by atoms with van der Waals surface area (Å²) in [6, 6.07) is 1.66. The Hall–Kier alpha value is -1.26. The number of alkyl halides is 3. The van der Waals surface area contributed by atoms with Crippen molar-refractivity contribution in [2.75, 3.05) is 0 Å². The summed E-state index contributed by atoms with van der Waals surface area (Å²) in [6.07, 6.45) is -3.68. The molecule has 0 bridgehead atoms. The van der Waals surface area contributed by atoms with Crippen molar-refractivity contribution in [2.45, 2.75) is 13.6 Å². The molecule has 1 rings (SSSR count). The van der Waals surface area contributed by atoms with Crippen LogP contribution >= 0.6 is 0 Å². The van der Waals surface area contributed by atoms with Crippen LogP contribution in [0.2, 0.25) is 0 Å². The molecule has 0 aliphatic heterocycles. The van der Waals surface area contributed by atoms with Crippen LogP contribution in [0.3, 0.4) is 0 Å². The summed E-state index contributed by atoms with van der Waals surface area (Å²) in [7, 11) is 0. The number of rotatable bonds is 0. The number of hydrogen-bond acceptors (Lipinski definition) is 2. The minimum Gasteiger partial charge on any atom is -0.506 e. The molecule has 2 nitrogen and oxygen atoms in total. The first-order chi connectivity index (χ1) is 5.00. The van der Waals surface area contributed by atoms with Crippen LogP contribution in [0, 0.1) is 0 Å². The van der Waals surface area contributed by atoms with E-state index in [9.17, 15) is 13.2 Å². The lowest BCUT2D eigenvalue weighted by Crippen LogP contribution is -2.06. The Balaban J connectivity index is 0.00000121. The second-order valence-electron chi connectivity index (χ2n) is 1.90. The molecule has 0 aliphatic carbocycles. The molecule has 0 atom stereocenters. The van der Waals surface area contributed by atoms with Crippen molar-refractivity contribution in [3.05, 3.63) is 24.0 Å². The second-order valence-corrected chi connectivity index (χ2v) is 1.90. The SMILES string of the molecule is C.Oc1ccc(C(F)(F)F)nc1. The van der Waals surface area contributed by atoms with E-state index in [0.717, 1.165) is 18.3 Å². The zero-order chi connectivity index (χ0) is 8.48. The molecule has 0 radical (unpaired) electrons.